The van der Waals surface area contributed by atoms with Crippen molar-refractivity contribution < 1.29 is 9.84 Å². The lowest BCUT2D eigenvalue weighted by atomic mass is 9.80. The molecule has 3 rings (SSSR count). The molecule has 0 unspecified atom stereocenters. The summed E-state index contributed by atoms with van der Waals surface area (Å²) in [4.78, 5) is 15.7. The average molecular weight is 279 g/mol. The van der Waals surface area contributed by atoms with Crippen LogP contribution in [0.15, 0.2) is 17.1 Å². The Hall–Kier alpha value is -1.40. The molecule has 20 heavy (non-hydrogen) atoms. The van der Waals surface area contributed by atoms with Gasteiger partial charge in [0.25, 0.3) is 0 Å². The van der Waals surface area contributed by atoms with Crippen LogP contribution in [0.2, 0.25) is 0 Å². The molecule has 1 saturated carbocycles. The lowest BCUT2D eigenvalue weighted by Gasteiger charge is -2.31. The van der Waals surface area contributed by atoms with Crippen molar-refractivity contribution in [3.05, 3.63) is 22.7 Å². The predicted octanol–water partition coefficient (Wildman–Crippen LogP) is 0.768. The molecular weight excluding hydrogens is 258 g/mol. The van der Waals surface area contributed by atoms with Crippen molar-refractivity contribution in [2.45, 2.75) is 38.5 Å². The lowest BCUT2D eigenvalue weighted by molar-refractivity contribution is -0.125. The SMILES string of the molecule is C[C@H]1[C@H](n2ccc(N)nc2=O)O[C@@](CO)(C2CC2)[C@H]1C. The second-order valence-electron chi connectivity index (χ2n) is 6.09. The number of nitrogens with two attached hydrogens (primary N) is 1. The van der Waals surface area contributed by atoms with Crippen molar-refractivity contribution in [3.63, 3.8) is 0 Å². The van der Waals surface area contributed by atoms with Gasteiger partial charge in [-0.1, -0.05) is 13.8 Å². The van der Waals surface area contributed by atoms with Crippen LogP contribution in [-0.2, 0) is 4.74 Å². The summed E-state index contributed by atoms with van der Waals surface area (Å²) in [6.45, 7) is 4.14. The Labute approximate surface area is 117 Å². The van der Waals surface area contributed by atoms with Gasteiger partial charge in [0.1, 0.15) is 12.0 Å². The largest absolute Gasteiger partial charge is 0.393 e. The van der Waals surface area contributed by atoms with Crippen LogP contribution in [0.5, 0.6) is 0 Å². The first-order valence-electron chi connectivity index (χ1n) is 7.13. The summed E-state index contributed by atoms with van der Waals surface area (Å²) in [5.74, 6) is 0.924. The minimum Gasteiger partial charge on any atom is -0.393 e. The molecule has 6 heteroatoms. The predicted molar refractivity (Wildman–Crippen MR) is 73.9 cm³/mol. The van der Waals surface area contributed by atoms with E-state index in [-0.39, 0.29) is 24.3 Å². The summed E-state index contributed by atoms with van der Waals surface area (Å²) >= 11 is 0. The summed E-state index contributed by atoms with van der Waals surface area (Å²) in [5.41, 5.74) is 4.59. The third-order valence-electron chi connectivity index (χ3n) is 4.99. The highest BCUT2D eigenvalue weighted by Crippen LogP contribution is 2.55. The quantitative estimate of drug-likeness (QED) is 0.852. The van der Waals surface area contributed by atoms with Crippen molar-refractivity contribution in [2.24, 2.45) is 17.8 Å². The van der Waals surface area contributed by atoms with Crippen molar-refractivity contribution >= 4 is 5.82 Å². The molecule has 1 aromatic rings. The number of aliphatic hydroxyl groups is 1. The van der Waals surface area contributed by atoms with Gasteiger partial charge in [-0.2, -0.15) is 4.98 Å². The third kappa shape index (κ3) is 1.86. The summed E-state index contributed by atoms with van der Waals surface area (Å²) in [5, 5.41) is 9.85. The van der Waals surface area contributed by atoms with Gasteiger partial charge in [0, 0.05) is 12.1 Å². The number of aliphatic hydroxyl groups excluding tert-OH is 1. The summed E-state index contributed by atoms with van der Waals surface area (Å²) in [7, 11) is 0. The molecule has 2 fully saturated rings. The molecule has 1 aromatic heterocycles. The Kier molecular flexibility index (Phi) is 3.10. The Morgan fingerprint density at radius 2 is 2.25 bits per heavy atom. The molecule has 2 heterocycles. The first kappa shape index (κ1) is 13.6. The van der Waals surface area contributed by atoms with Crippen molar-refractivity contribution in [2.75, 3.05) is 12.3 Å². The van der Waals surface area contributed by atoms with Gasteiger partial charge in [-0.15, -0.1) is 0 Å². The molecular formula is C14H21N3O3. The monoisotopic (exact) mass is 279 g/mol. The van der Waals surface area contributed by atoms with Crippen LogP contribution >= 0.6 is 0 Å². The third-order valence-corrected chi connectivity index (χ3v) is 4.99. The van der Waals surface area contributed by atoms with Gasteiger partial charge in [-0.3, -0.25) is 4.57 Å². The van der Waals surface area contributed by atoms with Crippen LogP contribution in [0.25, 0.3) is 0 Å². The maximum atomic E-state index is 12.0. The van der Waals surface area contributed by atoms with E-state index < -0.39 is 17.5 Å². The van der Waals surface area contributed by atoms with E-state index in [9.17, 15) is 9.90 Å². The number of anilines is 1. The molecule has 0 amide bonds. The molecule has 110 valence electrons. The normalized spacial score (nSPS) is 37.2. The average Bonchev–Trinajstić information content (AvgIpc) is 3.22. The molecule has 4 atom stereocenters. The van der Waals surface area contributed by atoms with E-state index in [0.29, 0.717) is 5.92 Å². The highest BCUT2D eigenvalue weighted by molar-refractivity contribution is 5.23. The molecule has 0 spiro atoms. The van der Waals surface area contributed by atoms with E-state index in [1.807, 2.05) is 0 Å². The van der Waals surface area contributed by atoms with E-state index in [1.165, 1.54) is 4.57 Å². The lowest BCUT2D eigenvalue weighted by Crippen LogP contribution is -2.41. The van der Waals surface area contributed by atoms with Gasteiger partial charge in [-0.05, 0) is 30.7 Å². The first-order chi connectivity index (χ1) is 9.49. The van der Waals surface area contributed by atoms with Gasteiger partial charge in [0.05, 0.1) is 12.2 Å². The number of nitrogen functional groups attached to an aromatic ring is 1. The number of hydrogen-bond donors (Lipinski definition) is 2. The van der Waals surface area contributed by atoms with E-state index in [1.54, 1.807) is 12.3 Å². The number of rotatable bonds is 3. The molecule has 3 N–H and O–H groups in total. The summed E-state index contributed by atoms with van der Waals surface area (Å²) in [6, 6.07) is 1.60. The van der Waals surface area contributed by atoms with Crippen LogP contribution in [-0.4, -0.2) is 26.9 Å². The molecule has 1 aliphatic heterocycles. The second kappa shape index (κ2) is 4.56. The first-order valence-corrected chi connectivity index (χ1v) is 7.13. The zero-order valence-corrected chi connectivity index (χ0v) is 11.8. The topological polar surface area (TPSA) is 90.4 Å². The van der Waals surface area contributed by atoms with E-state index in [2.05, 4.69) is 18.8 Å². The summed E-state index contributed by atoms with van der Waals surface area (Å²) < 4.78 is 7.67. The van der Waals surface area contributed by atoms with Crippen LogP contribution in [0.4, 0.5) is 5.82 Å². The van der Waals surface area contributed by atoms with Crippen molar-refractivity contribution in [1.29, 1.82) is 0 Å². The minimum atomic E-state index is -0.523. The molecule has 2 aliphatic rings. The Balaban J connectivity index is 1.97. The molecule has 0 radical (unpaired) electrons. The van der Waals surface area contributed by atoms with Gasteiger partial charge >= 0.3 is 5.69 Å². The maximum Gasteiger partial charge on any atom is 0.351 e. The van der Waals surface area contributed by atoms with Gasteiger partial charge in [-0.25, -0.2) is 4.79 Å². The van der Waals surface area contributed by atoms with E-state index >= 15 is 0 Å². The van der Waals surface area contributed by atoms with Gasteiger partial charge in [0.15, 0.2) is 0 Å². The molecule has 1 saturated heterocycles. The Morgan fingerprint density at radius 3 is 2.80 bits per heavy atom. The van der Waals surface area contributed by atoms with Crippen LogP contribution in [0.1, 0.15) is 32.9 Å². The highest BCUT2D eigenvalue weighted by atomic mass is 16.5. The van der Waals surface area contributed by atoms with Crippen LogP contribution in [0, 0.1) is 17.8 Å². The second-order valence-corrected chi connectivity index (χ2v) is 6.09. The number of hydrogen-bond acceptors (Lipinski definition) is 5. The number of ether oxygens (including phenoxy) is 1. The molecule has 1 aliphatic carbocycles. The fraction of sp³-hybridized carbons (Fsp3) is 0.714. The van der Waals surface area contributed by atoms with E-state index in [4.69, 9.17) is 10.5 Å². The fourth-order valence-corrected chi connectivity index (χ4v) is 3.41. The van der Waals surface area contributed by atoms with Crippen LogP contribution < -0.4 is 11.4 Å². The van der Waals surface area contributed by atoms with E-state index in [0.717, 1.165) is 12.8 Å². The summed E-state index contributed by atoms with van der Waals surface area (Å²) in [6.07, 6.45) is 3.40. The van der Waals surface area contributed by atoms with Gasteiger partial charge in [0.2, 0.25) is 0 Å². The van der Waals surface area contributed by atoms with Crippen LogP contribution in [0.3, 0.4) is 0 Å². The minimum absolute atomic E-state index is 0.00315. The molecule has 0 bridgehead atoms. The zero-order chi connectivity index (χ0) is 14.5. The standard InChI is InChI=1S/C14H21N3O3/c1-8-9(2)14(7-18,10-3-4-10)20-12(8)17-6-5-11(15)16-13(17)19/h5-6,8-10,12,18H,3-4,7H2,1-2H3,(H2,15,16,19)/t8-,9+,12-,14-/m1/s1. The highest BCUT2D eigenvalue weighted by Gasteiger charge is 2.58. The zero-order valence-electron chi connectivity index (χ0n) is 11.8. The van der Waals surface area contributed by atoms with Gasteiger partial charge < -0.3 is 15.6 Å². The number of nitrogens with zero attached hydrogens (tertiary/aromatic N) is 2. The molecule has 6 nitrogen and oxygen atoms in total. The fourth-order valence-electron chi connectivity index (χ4n) is 3.41. The smallest absolute Gasteiger partial charge is 0.351 e. The Morgan fingerprint density at radius 1 is 1.55 bits per heavy atom. The maximum absolute atomic E-state index is 12.0. The Bertz CT molecular complexity index is 569. The van der Waals surface area contributed by atoms with Crippen molar-refractivity contribution in [1.82, 2.24) is 9.55 Å². The molecule has 0 aromatic carbocycles. The number of aromatic nitrogens is 2. The van der Waals surface area contributed by atoms with Crippen molar-refractivity contribution in [3.8, 4) is 0 Å².